The van der Waals surface area contributed by atoms with Gasteiger partial charge < -0.3 is 19.5 Å². The highest BCUT2D eigenvalue weighted by atomic mass is 35.5. The van der Waals surface area contributed by atoms with Gasteiger partial charge in [-0.2, -0.15) is 0 Å². The molecule has 5 nitrogen and oxygen atoms in total. The van der Waals surface area contributed by atoms with Gasteiger partial charge in [0.25, 0.3) is 5.91 Å². The largest absolute Gasteiger partial charge is 0.482 e. The van der Waals surface area contributed by atoms with Gasteiger partial charge in [0.15, 0.2) is 6.61 Å². The van der Waals surface area contributed by atoms with E-state index in [0.717, 1.165) is 0 Å². The first-order valence-electron chi connectivity index (χ1n) is 6.28. The molecule has 0 saturated carbocycles. The standard InChI is InChI=1S/C13H14Cl3NO4/c14-9-3-11(16)12(4-10(9)15)21-7-13(19)17-1-2-20-6-8(17)5-18/h3-4,8,18H,1-2,5-7H2. The maximum Gasteiger partial charge on any atom is 0.260 e. The summed E-state index contributed by atoms with van der Waals surface area (Å²) in [5.74, 6) is 0.0349. The normalized spacial score (nSPS) is 18.7. The van der Waals surface area contributed by atoms with Crippen LogP contribution in [0.4, 0.5) is 0 Å². The fraction of sp³-hybridized carbons (Fsp3) is 0.462. The zero-order chi connectivity index (χ0) is 15.4. The Labute approximate surface area is 137 Å². The van der Waals surface area contributed by atoms with Crippen LogP contribution in [0.15, 0.2) is 12.1 Å². The van der Waals surface area contributed by atoms with Gasteiger partial charge in [-0.15, -0.1) is 0 Å². The number of aliphatic hydroxyl groups excluding tert-OH is 1. The summed E-state index contributed by atoms with van der Waals surface area (Å²) in [5, 5.41) is 10.1. The van der Waals surface area contributed by atoms with Crippen molar-refractivity contribution in [1.82, 2.24) is 4.90 Å². The summed E-state index contributed by atoms with van der Waals surface area (Å²) in [6, 6.07) is 2.57. The number of amides is 1. The van der Waals surface area contributed by atoms with Gasteiger partial charge in [-0.3, -0.25) is 4.79 Å². The highest BCUT2D eigenvalue weighted by Crippen LogP contribution is 2.33. The average molecular weight is 355 g/mol. The van der Waals surface area contributed by atoms with Crippen LogP contribution in [-0.4, -0.2) is 54.9 Å². The molecule has 1 heterocycles. The molecule has 1 aromatic carbocycles. The molecule has 1 N–H and O–H groups in total. The molecule has 1 fully saturated rings. The maximum absolute atomic E-state index is 12.1. The Bertz CT molecular complexity index is 526. The minimum Gasteiger partial charge on any atom is -0.482 e. The fourth-order valence-corrected chi connectivity index (χ4v) is 2.56. The maximum atomic E-state index is 12.1. The van der Waals surface area contributed by atoms with Crippen LogP contribution in [0.5, 0.6) is 5.75 Å². The van der Waals surface area contributed by atoms with Crippen molar-refractivity contribution in [2.45, 2.75) is 6.04 Å². The molecule has 1 unspecified atom stereocenters. The molecule has 1 amide bonds. The highest BCUT2D eigenvalue weighted by molar-refractivity contribution is 6.43. The molecule has 0 aliphatic carbocycles. The Balaban J connectivity index is 1.99. The summed E-state index contributed by atoms with van der Waals surface area (Å²) < 4.78 is 10.6. The van der Waals surface area contributed by atoms with E-state index in [1.54, 1.807) is 0 Å². The molecule has 1 aliphatic heterocycles. The molecular formula is C13H14Cl3NO4. The molecule has 8 heteroatoms. The van der Waals surface area contributed by atoms with Gasteiger partial charge >= 0.3 is 0 Å². The molecule has 0 aromatic heterocycles. The number of benzene rings is 1. The second kappa shape index (κ2) is 7.51. The zero-order valence-corrected chi connectivity index (χ0v) is 13.3. The van der Waals surface area contributed by atoms with E-state index < -0.39 is 0 Å². The molecule has 0 radical (unpaired) electrons. The SMILES string of the molecule is O=C(COc1cc(Cl)c(Cl)cc1Cl)N1CCOCC1CO. The Morgan fingerprint density at radius 1 is 1.33 bits per heavy atom. The van der Waals surface area contributed by atoms with E-state index in [9.17, 15) is 9.90 Å². The number of halogens is 3. The number of hydrogen-bond donors (Lipinski definition) is 1. The van der Waals surface area contributed by atoms with Gasteiger partial charge in [-0.1, -0.05) is 34.8 Å². The quantitative estimate of drug-likeness (QED) is 0.843. The minimum absolute atomic E-state index is 0.154. The molecule has 1 aliphatic rings. The van der Waals surface area contributed by atoms with E-state index in [0.29, 0.717) is 29.8 Å². The van der Waals surface area contributed by atoms with Crippen molar-refractivity contribution in [2.75, 3.05) is 33.0 Å². The smallest absolute Gasteiger partial charge is 0.260 e. The Morgan fingerprint density at radius 3 is 2.76 bits per heavy atom. The van der Waals surface area contributed by atoms with Crippen LogP contribution in [0, 0.1) is 0 Å². The Morgan fingerprint density at radius 2 is 2.05 bits per heavy atom. The van der Waals surface area contributed by atoms with E-state index in [-0.39, 0.29) is 35.9 Å². The average Bonchev–Trinajstić information content (AvgIpc) is 2.49. The molecule has 2 rings (SSSR count). The summed E-state index contributed by atoms with van der Waals surface area (Å²) in [4.78, 5) is 13.7. The lowest BCUT2D eigenvalue weighted by atomic mass is 10.2. The van der Waals surface area contributed by atoms with Gasteiger partial charge in [-0.25, -0.2) is 0 Å². The molecule has 0 bridgehead atoms. The van der Waals surface area contributed by atoms with Gasteiger partial charge in [0.05, 0.1) is 40.9 Å². The first-order valence-corrected chi connectivity index (χ1v) is 7.41. The second-order valence-corrected chi connectivity index (χ2v) is 5.71. The lowest BCUT2D eigenvalue weighted by molar-refractivity contribution is -0.143. The van der Waals surface area contributed by atoms with Crippen molar-refractivity contribution in [2.24, 2.45) is 0 Å². The number of ether oxygens (including phenoxy) is 2. The number of carbonyl (C=O) groups is 1. The number of carbonyl (C=O) groups excluding carboxylic acids is 1. The first-order chi connectivity index (χ1) is 10.0. The lowest BCUT2D eigenvalue weighted by Gasteiger charge is -2.34. The van der Waals surface area contributed by atoms with Crippen molar-refractivity contribution >= 4 is 40.7 Å². The molecule has 1 aromatic rings. The van der Waals surface area contributed by atoms with Crippen molar-refractivity contribution in [3.05, 3.63) is 27.2 Å². The molecule has 1 saturated heterocycles. The monoisotopic (exact) mass is 353 g/mol. The minimum atomic E-state index is -0.348. The predicted octanol–water partition coefficient (Wildman–Crippen LogP) is 2.25. The van der Waals surface area contributed by atoms with Crippen LogP contribution in [0.25, 0.3) is 0 Å². The van der Waals surface area contributed by atoms with Crippen molar-refractivity contribution in [3.63, 3.8) is 0 Å². The number of morpholine rings is 1. The van der Waals surface area contributed by atoms with Crippen molar-refractivity contribution in [1.29, 1.82) is 0 Å². The highest BCUT2D eigenvalue weighted by Gasteiger charge is 2.27. The van der Waals surface area contributed by atoms with E-state index in [1.165, 1.54) is 17.0 Å². The second-order valence-electron chi connectivity index (χ2n) is 4.48. The Hall–Kier alpha value is -0.720. The van der Waals surface area contributed by atoms with Gasteiger partial charge in [0.1, 0.15) is 5.75 Å². The third-order valence-corrected chi connectivity index (χ3v) is 4.10. The molecule has 116 valence electrons. The topological polar surface area (TPSA) is 59.0 Å². The zero-order valence-electron chi connectivity index (χ0n) is 11.0. The lowest BCUT2D eigenvalue weighted by Crippen LogP contribution is -2.51. The summed E-state index contributed by atoms with van der Waals surface area (Å²) in [6.07, 6.45) is 0. The summed E-state index contributed by atoms with van der Waals surface area (Å²) in [6.45, 7) is 0.821. The predicted molar refractivity (Wildman–Crippen MR) is 80.4 cm³/mol. The number of nitrogens with zero attached hydrogens (tertiary/aromatic N) is 1. The number of aliphatic hydroxyl groups is 1. The van der Waals surface area contributed by atoms with Crippen LogP contribution < -0.4 is 4.74 Å². The van der Waals surface area contributed by atoms with Crippen LogP contribution in [-0.2, 0) is 9.53 Å². The third kappa shape index (κ3) is 4.14. The molecular weight excluding hydrogens is 341 g/mol. The van der Waals surface area contributed by atoms with Crippen LogP contribution in [0.1, 0.15) is 0 Å². The fourth-order valence-electron chi connectivity index (χ4n) is 1.97. The third-order valence-electron chi connectivity index (χ3n) is 3.08. The molecule has 0 spiro atoms. The van der Waals surface area contributed by atoms with E-state index in [4.69, 9.17) is 44.3 Å². The van der Waals surface area contributed by atoms with E-state index in [1.807, 2.05) is 0 Å². The van der Waals surface area contributed by atoms with Crippen molar-refractivity contribution in [3.8, 4) is 5.75 Å². The van der Waals surface area contributed by atoms with Crippen LogP contribution in [0.2, 0.25) is 15.1 Å². The molecule has 21 heavy (non-hydrogen) atoms. The van der Waals surface area contributed by atoms with Gasteiger partial charge in [0.2, 0.25) is 0 Å². The summed E-state index contributed by atoms with van der Waals surface area (Å²) in [5.41, 5.74) is 0. The Kier molecular flexibility index (Phi) is 5.96. The number of rotatable bonds is 4. The summed E-state index contributed by atoms with van der Waals surface area (Å²) >= 11 is 17.7. The number of hydrogen-bond acceptors (Lipinski definition) is 4. The van der Waals surface area contributed by atoms with E-state index in [2.05, 4.69) is 0 Å². The van der Waals surface area contributed by atoms with Crippen LogP contribution in [0.3, 0.4) is 0 Å². The molecule has 1 atom stereocenters. The summed E-state index contributed by atoms with van der Waals surface area (Å²) in [7, 11) is 0. The van der Waals surface area contributed by atoms with E-state index >= 15 is 0 Å². The van der Waals surface area contributed by atoms with Crippen molar-refractivity contribution < 1.29 is 19.4 Å². The van der Waals surface area contributed by atoms with Gasteiger partial charge in [-0.05, 0) is 6.07 Å². The first kappa shape index (κ1) is 16.6. The van der Waals surface area contributed by atoms with Crippen LogP contribution >= 0.6 is 34.8 Å². The van der Waals surface area contributed by atoms with Gasteiger partial charge in [0, 0.05) is 12.6 Å².